The zero-order chi connectivity index (χ0) is 19.5. The van der Waals surface area contributed by atoms with Gasteiger partial charge in [0, 0.05) is 10.0 Å². The van der Waals surface area contributed by atoms with E-state index in [1.54, 1.807) is 50.6 Å². The molecule has 138 valence electrons. The molecule has 26 heavy (non-hydrogen) atoms. The SMILES string of the molecule is [C-]#[N+]c1nccn1CC(C)(NC(=O)OC(C)(C)C)c1cc(Br)ccc1F. The van der Waals surface area contributed by atoms with Crippen molar-refractivity contribution in [1.29, 1.82) is 0 Å². The third kappa shape index (κ3) is 4.82. The van der Waals surface area contributed by atoms with Gasteiger partial charge in [0.25, 0.3) is 0 Å². The zero-order valence-corrected chi connectivity index (χ0v) is 16.6. The lowest BCUT2D eigenvalue weighted by molar-refractivity contribution is 0.0448. The third-order valence-electron chi connectivity index (χ3n) is 3.58. The lowest BCUT2D eigenvalue weighted by Crippen LogP contribution is -2.48. The number of ether oxygens (including phenoxy) is 1. The number of carbonyl (C=O) groups excluding carboxylic acids is 1. The minimum absolute atomic E-state index is 0.108. The highest BCUT2D eigenvalue weighted by molar-refractivity contribution is 9.10. The number of alkyl carbamates (subject to hydrolysis) is 1. The number of halogens is 2. The number of carbonyl (C=O) groups is 1. The number of imidazole rings is 1. The Balaban J connectivity index is 2.45. The maximum absolute atomic E-state index is 14.6. The molecule has 0 radical (unpaired) electrons. The summed E-state index contributed by atoms with van der Waals surface area (Å²) < 4.78 is 22.1. The molecule has 2 rings (SSSR count). The van der Waals surface area contributed by atoms with Crippen LogP contribution in [0.15, 0.2) is 35.1 Å². The zero-order valence-electron chi connectivity index (χ0n) is 15.0. The summed E-state index contributed by atoms with van der Waals surface area (Å²) in [7, 11) is 0. The highest BCUT2D eigenvalue weighted by atomic mass is 79.9. The van der Waals surface area contributed by atoms with Gasteiger partial charge in [-0.05, 0) is 45.9 Å². The van der Waals surface area contributed by atoms with Gasteiger partial charge in [0.1, 0.15) is 17.6 Å². The van der Waals surface area contributed by atoms with Crippen LogP contribution in [0.5, 0.6) is 0 Å². The average molecular weight is 423 g/mol. The van der Waals surface area contributed by atoms with Gasteiger partial charge in [-0.3, -0.25) is 4.57 Å². The number of nitrogens with one attached hydrogen (secondary N) is 1. The van der Waals surface area contributed by atoms with E-state index in [1.807, 2.05) is 0 Å². The lowest BCUT2D eigenvalue weighted by atomic mass is 9.91. The Hall–Kier alpha value is -2.40. The fourth-order valence-electron chi connectivity index (χ4n) is 2.52. The Morgan fingerprint density at radius 2 is 2.12 bits per heavy atom. The highest BCUT2D eigenvalue weighted by Gasteiger charge is 2.35. The average Bonchev–Trinajstić information content (AvgIpc) is 2.94. The third-order valence-corrected chi connectivity index (χ3v) is 4.07. The van der Waals surface area contributed by atoms with E-state index in [4.69, 9.17) is 11.3 Å². The summed E-state index contributed by atoms with van der Waals surface area (Å²) in [5.74, 6) is -0.325. The Morgan fingerprint density at radius 1 is 1.42 bits per heavy atom. The lowest BCUT2D eigenvalue weighted by Gasteiger charge is -2.32. The number of hydrogen-bond acceptors (Lipinski definition) is 3. The Labute approximate surface area is 160 Å². The summed E-state index contributed by atoms with van der Waals surface area (Å²) in [6.45, 7) is 14.2. The quantitative estimate of drug-likeness (QED) is 0.721. The molecule has 0 aliphatic heterocycles. The summed E-state index contributed by atoms with van der Waals surface area (Å²) in [5.41, 5.74) is -1.60. The first-order valence-corrected chi connectivity index (χ1v) is 8.69. The molecule has 1 aromatic carbocycles. The Bertz CT molecular complexity index is 854. The van der Waals surface area contributed by atoms with Gasteiger partial charge in [-0.2, -0.15) is 4.98 Å². The predicted molar refractivity (Wildman–Crippen MR) is 99.3 cm³/mol. The Kier molecular flexibility index (Phi) is 5.71. The monoisotopic (exact) mass is 422 g/mol. The van der Waals surface area contributed by atoms with Gasteiger partial charge in [-0.1, -0.05) is 15.9 Å². The van der Waals surface area contributed by atoms with E-state index in [2.05, 4.69) is 31.1 Å². The second kappa shape index (κ2) is 7.46. The molecule has 0 spiro atoms. The van der Waals surface area contributed by atoms with E-state index in [0.29, 0.717) is 4.47 Å². The molecule has 1 amide bonds. The van der Waals surface area contributed by atoms with Crippen molar-refractivity contribution < 1.29 is 13.9 Å². The summed E-state index contributed by atoms with van der Waals surface area (Å²) >= 11 is 3.33. The van der Waals surface area contributed by atoms with Crippen LogP contribution in [0.25, 0.3) is 4.85 Å². The summed E-state index contributed by atoms with van der Waals surface area (Å²) in [5, 5.41) is 2.75. The second-order valence-electron chi connectivity index (χ2n) is 7.05. The number of benzene rings is 1. The fraction of sp³-hybridized carbons (Fsp3) is 0.389. The number of nitrogens with zero attached hydrogens (tertiary/aromatic N) is 3. The van der Waals surface area contributed by atoms with E-state index >= 15 is 0 Å². The number of hydrogen-bond donors (Lipinski definition) is 1. The van der Waals surface area contributed by atoms with E-state index in [-0.39, 0.29) is 18.1 Å². The van der Waals surface area contributed by atoms with Crippen molar-refractivity contribution in [2.45, 2.75) is 45.4 Å². The summed E-state index contributed by atoms with van der Waals surface area (Å²) in [4.78, 5) is 19.7. The van der Waals surface area contributed by atoms with Crippen molar-refractivity contribution >= 4 is 28.0 Å². The highest BCUT2D eigenvalue weighted by Crippen LogP contribution is 2.30. The van der Waals surface area contributed by atoms with Crippen LogP contribution in [-0.2, 0) is 16.8 Å². The number of amides is 1. The van der Waals surface area contributed by atoms with Gasteiger partial charge in [-0.25, -0.2) is 9.18 Å². The molecule has 8 heteroatoms. The van der Waals surface area contributed by atoms with Gasteiger partial charge < -0.3 is 14.9 Å². The van der Waals surface area contributed by atoms with Crippen molar-refractivity contribution in [2.24, 2.45) is 0 Å². The number of rotatable bonds is 4. The van der Waals surface area contributed by atoms with Crippen LogP contribution in [0.2, 0.25) is 0 Å². The smallest absolute Gasteiger partial charge is 0.408 e. The van der Waals surface area contributed by atoms with Crippen LogP contribution in [0.4, 0.5) is 15.1 Å². The molecule has 1 heterocycles. The minimum atomic E-state index is -1.17. The number of aromatic nitrogens is 2. The maximum atomic E-state index is 14.6. The van der Waals surface area contributed by atoms with Crippen LogP contribution < -0.4 is 5.32 Å². The summed E-state index contributed by atoms with van der Waals surface area (Å²) in [6.07, 6.45) is 2.42. The van der Waals surface area contributed by atoms with Crippen LogP contribution in [0.1, 0.15) is 33.3 Å². The maximum Gasteiger partial charge on any atom is 0.408 e. The van der Waals surface area contributed by atoms with Gasteiger partial charge in [-0.15, -0.1) is 6.57 Å². The molecule has 0 aliphatic carbocycles. The first-order valence-electron chi connectivity index (χ1n) is 7.89. The first kappa shape index (κ1) is 19.9. The Morgan fingerprint density at radius 3 is 2.73 bits per heavy atom. The van der Waals surface area contributed by atoms with Crippen molar-refractivity contribution in [3.63, 3.8) is 0 Å². The molecule has 1 aromatic heterocycles. The van der Waals surface area contributed by atoms with Gasteiger partial charge >= 0.3 is 12.0 Å². The van der Waals surface area contributed by atoms with Crippen molar-refractivity contribution in [2.75, 3.05) is 0 Å². The second-order valence-corrected chi connectivity index (χ2v) is 7.97. The van der Waals surface area contributed by atoms with Gasteiger partial charge in [0.2, 0.25) is 0 Å². The van der Waals surface area contributed by atoms with Crippen LogP contribution >= 0.6 is 15.9 Å². The largest absolute Gasteiger partial charge is 0.444 e. The van der Waals surface area contributed by atoms with Gasteiger partial charge in [0.05, 0.1) is 18.3 Å². The molecule has 2 aromatic rings. The van der Waals surface area contributed by atoms with Crippen molar-refractivity contribution in [3.8, 4) is 0 Å². The predicted octanol–water partition coefficient (Wildman–Crippen LogP) is 4.78. The van der Waals surface area contributed by atoms with E-state index in [0.717, 1.165) is 0 Å². The first-order chi connectivity index (χ1) is 12.0. The molecule has 0 fully saturated rings. The van der Waals surface area contributed by atoms with Crippen molar-refractivity contribution in [3.05, 3.63) is 57.9 Å². The molecule has 0 saturated heterocycles. The van der Waals surface area contributed by atoms with Crippen LogP contribution in [0.3, 0.4) is 0 Å². The van der Waals surface area contributed by atoms with Crippen molar-refractivity contribution in [1.82, 2.24) is 14.9 Å². The molecule has 0 saturated carbocycles. The standard InChI is InChI=1S/C18H20BrFN4O2/c1-17(2,3)26-16(25)23-18(4,11-24-9-8-22-15(24)21-5)13-10-12(19)6-7-14(13)20/h6-10H,11H2,1-4H3,(H,23,25). The van der Waals surface area contributed by atoms with Crippen LogP contribution in [-0.4, -0.2) is 21.2 Å². The molecule has 0 aliphatic rings. The molecule has 6 nitrogen and oxygen atoms in total. The van der Waals surface area contributed by atoms with Crippen LogP contribution in [0, 0.1) is 12.4 Å². The van der Waals surface area contributed by atoms with E-state index in [9.17, 15) is 9.18 Å². The molecule has 1 N–H and O–H groups in total. The van der Waals surface area contributed by atoms with Gasteiger partial charge in [0.15, 0.2) is 0 Å². The molecular formula is C18H20BrFN4O2. The minimum Gasteiger partial charge on any atom is -0.444 e. The van der Waals surface area contributed by atoms with E-state index in [1.165, 1.54) is 12.3 Å². The molecular weight excluding hydrogens is 403 g/mol. The molecule has 0 bridgehead atoms. The topological polar surface area (TPSA) is 60.5 Å². The molecule has 1 unspecified atom stereocenters. The fourth-order valence-corrected chi connectivity index (χ4v) is 2.88. The van der Waals surface area contributed by atoms with E-state index < -0.39 is 23.1 Å². The normalized spacial score (nSPS) is 13.6. The molecule has 1 atom stereocenters. The summed E-state index contributed by atoms with van der Waals surface area (Å²) in [6, 6.07) is 4.49.